The highest BCUT2D eigenvalue weighted by Crippen LogP contribution is 2.20. The summed E-state index contributed by atoms with van der Waals surface area (Å²) < 4.78 is 0. The molecule has 0 unspecified atom stereocenters. The highest BCUT2D eigenvalue weighted by Gasteiger charge is 2.16. The van der Waals surface area contributed by atoms with Crippen molar-refractivity contribution in [2.24, 2.45) is 11.7 Å². The minimum Gasteiger partial charge on any atom is -0.432 e. The van der Waals surface area contributed by atoms with Gasteiger partial charge >= 0.3 is 14.1 Å². The summed E-state index contributed by atoms with van der Waals surface area (Å²) in [7, 11) is -1.60. The molecule has 0 aromatic heterocycles. The maximum absolute atomic E-state index is 9.32. The van der Waals surface area contributed by atoms with Crippen LogP contribution in [0.4, 0.5) is 11.4 Å². The number of nitrogens with zero attached hydrogens (tertiary/aromatic N) is 2. The van der Waals surface area contributed by atoms with E-state index < -0.39 is 14.1 Å². The molecule has 0 amide bonds. The van der Waals surface area contributed by atoms with Crippen molar-refractivity contribution >= 4 is 25.5 Å². The summed E-state index contributed by atoms with van der Waals surface area (Å²) in [6.45, 7) is 3.11. The van der Waals surface area contributed by atoms with Gasteiger partial charge < -0.3 is 19.9 Å². The zero-order chi connectivity index (χ0) is 12.3. The fourth-order valence-corrected chi connectivity index (χ4v) is 1.25. The van der Waals surface area contributed by atoms with Gasteiger partial charge in [-0.2, -0.15) is 0 Å². The topological polar surface area (TPSA) is 99.0 Å². The van der Waals surface area contributed by atoms with Crippen molar-refractivity contribution < 1.29 is 10.0 Å². The molecule has 8 heteroatoms. The Kier molecular flexibility index (Phi) is 4.19. The van der Waals surface area contributed by atoms with Crippen LogP contribution < -0.4 is 21.5 Å². The maximum Gasteiger partial charge on any atom is 0.424 e. The summed E-state index contributed by atoms with van der Waals surface area (Å²) in [4.78, 5) is 2.42. The van der Waals surface area contributed by atoms with E-state index in [1.807, 2.05) is 0 Å². The van der Waals surface area contributed by atoms with Gasteiger partial charge in [-0.15, -0.1) is 0 Å². The fourth-order valence-electron chi connectivity index (χ4n) is 1.25. The Morgan fingerprint density at radius 1 is 1.00 bits per heavy atom. The molecule has 1 aromatic rings. The molecule has 0 aliphatic heterocycles. The largest absolute Gasteiger partial charge is 0.432 e. The van der Waals surface area contributed by atoms with Crippen molar-refractivity contribution in [3.63, 3.8) is 0 Å². The Balaban J connectivity index is 2.95. The summed E-state index contributed by atoms with van der Waals surface area (Å²) in [5, 5.41) is 18.6. The van der Waals surface area contributed by atoms with E-state index in [9.17, 15) is 10.0 Å². The van der Waals surface area contributed by atoms with Gasteiger partial charge in [0.25, 0.3) is 0 Å². The van der Waals surface area contributed by atoms with Crippen LogP contribution in [0, 0.1) is 0 Å². The number of rotatable bonds is 4. The first-order valence-corrected chi connectivity index (χ1v) is 4.97. The van der Waals surface area contributed by atoms with Gasteiger partial charge in [0.2, 0.25) is 0 Å². The lowest BCUT2D eigenvalue weighted by molar-refractivity contribution is 0.571. The van der Waals surface area contributed by atoms with Crippen LogP contribution in [0.15, 0.2) is 24.3 Å². The maximum atomic E-state index is 9.32. The Bertz CT molecular complexity index is 321. The second-order valence-corrected chi connectivity index (χ2v) is 3.60. The highest BCUT2D eigenvalue weighted by molar-refractivity contribution is 6.54. The van der Waals surface area contributed by atoms with Crippen LogP contribution in [0.3, 0.4) is 0 Å². The van der Waals surface area contributed by atoms with Crippen molar-refractivity contribution in [2.75, 3.05) is 9.84 Å². The number of anilines is 2. The monoisotopic (exact) mass is 222 g/mol. The van der Waals surface area contributed by atoms with E-state index in [4.69, 9.17) is 11.7 Å². The van der Waals surface area contributed by atoms with E-state index in [2.05, 4.69) is 0 Å². The van der Waals surface area contributed by atoms with E-state index in [1.54, 1.807) is 37.9 Å². The standard InChI is InChI=1S/C8H16B2N4O2/c1-9(15)13(11)7-4-3-5-8(6-7)14(12)10(2)16/h3-6,15-16H,11-12H2,1-2H3. The van der Waals surface area contributed by atoms with Gasteiger partial charge in [-0.1, -0.05) is 6.07 Å². The summed E-state index contributed by atoms with van der Waals surface area (Å²) in [6.07, 6.45) is 0. The molecule has 1 rings (SSSR count). The molecule has 6 nitrogen and oxygen atoms in total. The predicted octanol–water partition coefficient (Wildman–Crippen LogP) is -0.733. The third-order valence-corrected chi connectivity index (χ3v) is 2.23. The van der Waals surface area contributed by atoms with Gasteiger partial charge in [0.1, 0.15) is 0 Å². The highest BCUT2D eigenvalue weighted by atomic mass is 16.2. The van der Waals surface area contributed by atoms with Crippen LogP contribution in [0.2, 0.25) is 13.6 Å². The lowest BCUT2D eigenvalue weighted by Gasteiger charge is -2.23. The van der Waals surface area contributed by atoms with E-state index in [1.165, 1.54) is 9.84 Å². The molecule has 1 aromatic carbocycles. The van der Waals surface area contributed by atoms with Gasteiger partial charge in [-0.3, -0.25) is 11.7 Å². The summed E-state index contributed by atoms with van der Waals surface area (Å²) in [6, 6.07) is 6.91. The SMILES string of the molecule is CB(O)N(N)c1cccc(N(N)B(C)O)c1. The number of hydrazine groups is 2. The average molecular weight is 222 g/mol. The molecule has 0 saturated carbocycles. The molecular formula is C8H16B2N4O2. The minimum absolute atomic E-state index is 0.614. The van der Waals surface area contributed by atoms with E-state index in [0.717, 1.165) is 0 Å². The van der Waals surface area contributed by atoms with Crippen molar-refractivity contribution in [3.05, 3.63) is 24.3 Å². The van der Waals surface area contributed by atoms with Crippen LogP contribution in [0.5, 0.6) is 0 Å². The first-order valence-electron chi connectivity index (χ1n) is 4.97. The molecule has 0 fully saturated rings. The van der Waals surface area contributed by atoms with Crippen LogP contribution in [-0.4, -0.2) is 24.1 Å². The number of benzene rings is 1. The average Bonchev–Trinajstić information content (AvgIpc) is 2.26. The van der Waals surface area contributed by atoms with Gasteiger partial charge in [-0.05, 0) is 31.8 Å². The van der Waals surface area contributed by atoms with E-state index >= 15 is 0 Å². The molecule has 0 atom stereocenters. The van der Waals surface area contributed by atoms with Gasteiger partial charge in [0.05, 0.1) is 0 Å². The molecule has 16 heavy (non-hydrogen) atoms. The quantitative estimate of drug-likeness (QED) is 0.304. The third kappa shape index (κ3) is 2.89. The van der Waals surface area contributed by atoms with Gasteiger partial charge in [-0.25, -0.2) is 0 Å². The molecule has 0 bridgehead atoms. The molecule has 0 spiro atoms. The Morgan fingerprint density at radius 2 is 1.38 bits per heavy atom. The number of hydrogen-bond donors (Lipinski definition) is 4. The zero-order valence-corrected chi connectivity index (χ0v) is 9.41. The first kappa shape index (κ1) is 12.9. The van der Waals surface area contributed by atoms with Crippen LogP contribution in [0.1, 0.15) is 0 Å². The fraction of sp³-hybridized carbons (Fsp3) is 0.250. The van der Waals surface area contributed by atoms with Gasteiger partial charge in [0, 0.05) is 11.4 Å². The lowest BCUT2D eigenvalue weighted by Crippen LogP contribution is -2.44. The second-order valence-electron chi connectivity index (χ2n) is 3.60. The first-order chi connectivity index (χ1) is 7.43. The Hall–Kier alpha value is -1.21. The minimum atomic E-state index is -0.798. The smallest absolute Gasteiger partial charge is 0.424 e. The van der Waals surface area contributed by atoms with E-state index in [-0.39, 0.29) is 0 Å². The summed E-state index contributed by atoms with van der Waals surface area (Å²) in [5.74, 6) is 11.3. The zero-order valence-electron chi connectivity index (χ0n) is 9.41. The molecule has 0 saturated heterocycles. The van der Waals surface area contributed by atoms with Crippen molar-refractivity contribution in [2.45, 2.75) is 13.6 Å². The summed E-state index contributed by atoms with van der Waals surface area (Å²) in [5.41, 5.74) is 1.23. The molecule has 86 valence electrons. The number of nitrogens with two attached hydrogens (primary N) is 2. The molecule has 0 radical (unpaired) electrons. The van der Waals surface area contributed by atoms with Crippen molar-refractivity contribution in [1.82, 2.24) is 0 Å². The molecule has 0 aliphatic carbocycles. The van der Waals surface area contributed by atoms with Crippen molar-refractivity contribution in [3.8, 4) is 0 Å². The molecular weight excluding hydrogens is 206 g/mol. The van der Waals surface area contributed by atoms with Crippen LogP contribution in [0.25, 0.3) is 0 Å². The Morgan fingerprint density at radius 3 is 1.69 bits per heavy atom. The second kappa shape index (κ2) is 5.22. The number of hydrogen-bond acceptors (Lipinski definition) is 6. The third-order valence-electron chi connectivity index (χ3n) is 2.23. The molecule has 6 N–H and O–H groups in total. The molecule has 0 aliphatic rings. The van der Waals surface area contributed by atoms with Gasteiger partial charge in [0.15, 0.2) is 0 Å². The van der Waals surface area contributed by atoms with E-state index in [0.29, 0.717) is 11.4 Å². The normalized spacial score (nSPS) is 9.88. The Labute approximate surface area is 95.7 Å². The van der Waals surface area contributed by atoms with Crippen LogP contribution >= 0.6 is 0 Å². The van der Waals surface area contributed by atoms with Crippen LogP contribution in [-0.2, 0) is 0 Å². The summed E-state index contributed by atoms with van der Waals surface area (Å²) >= 11 is 0. The van der Waals surface area contributed by atoms with Crippen molar-refractivity contribution in [1.29, 1.82) is 0 Å². The predicted molar refractivity (Wildman–Crippen MR) is 67.4 cm³/mol. The lowest BCUT2D eigenvalue weighted by atomic mass is 9.85. The molecule has 0 heterocycles.